The van der Waals surface area contributed by atoms with Crippen molar-refractivity contribution in [1.29, 1.82) is 0 Å². The van der Waals surface area contributed by atoms with Gasteiger partial charge in [-0.15, -0.1) is 0 Å². The first-order valence-electron chi connectivity index (χ1n) is 5.91. The zero-order valence-electron chi connectivity index (χ0n) is 10.8. The second-order valence-electron chi connectivity index (χ2n) is 4.31. The van der Waals surface area contributed by atoms with Crippen LogP contribution in [0.4, 0.5) is 10.1 Å². The lowest BCUT2D eigenvalue weighted by atomic mass is 9.79. The van der Waals surface area contributed by atoms with Gasteiger partial charge < -0.3 is 15.4 Å². The van der Waals surface area contributed by atoms with Gasteiger partial charge in [-0.1, -0.05) is 39.1 Å². The molecular weight excluding hydrogens is 399 g/mol. The van der Waals surface area contributed by atoms with Gasteiger partial charge in [0.15, 0.2) is 0 Å². The first-order valence-corrected chi connectivity index (χ1v) is 7.46. The summed E-state index contributed by atoms with van der Waals surface area (Å²) in [6, 6.07) is 6.31. The molecule has 0 fully saturated rings. The molecule has 0 aliphatic carbocycles. The number of carbonyl (C=O) groups is 1. The molecule has 0 saturated carbocycles. The maximum atomic E-state index is 13.4. The highest BCUT2D eigenvalue weighted by Crippen LogP contribution is 2.34. The average molecular weight is 407 g/mol. The molecule has 3 N–H and O–H groups in total. The van der Waals surface area contributed by atoms with E-state index in [0.717, 1.165) is 12.1 Å². The third kappa shape index (κ3) is 3.80. The summed E-state index contributed by atoms with van der Waals surface area (Å²) in [7, 11) is -2.02. The van der Waals surface area contributed by atoms with Crippen molar-refractivity contribution in [3.8, 4) is 0 Å². The SMILES string of the molecule is O=C(Nc1c(Cl)cc(Br)cc1Cl)c1ccc(F)c(B(O)O)c1. The zero-order valence-corrected chi connectivity index (χ0v) is 13.9. The summed E-state index contributed by atoms with van der Waals surface area (Å²) < 4.78 is 14.0. The number of hydrogen-bond donors (Lipinski definition) is 3. The average Bonchev–Trinajstić information content (AvgIpc) is 2.42. The maximum absolute atomic E-state index is 13.4. The van der Waals surface area contributed by atoms with Gasteiger partial charge in [-0.05, 0) is 30.3 Å². The molecule has 0 radical (unpaired) electrons. The van der Waals surface area contributed by atoms with Crippen molar-refractivity contribution in [2.24, 2.45) is 0 Å². The van der Waals surface area contributed by atoms with Crippen LogP contribution in [0.5, 0.6) is 0 Å². The van der Waals surface area contributed by atoms with Crippen LogP contribution in [-0.4, -0.2) is 23.1 Å². The maximum Gasteiger partial charge on any atom is 0.491 e. The monoisotopic (exact) mass is 405 g/mol. The van der Waals surface area contributed by atoms with E-state index in [4.69, 9.17) is 33.2 Å². The molecule has 114 valence electrons. The van der Waals surface area contributed by atoms with E-state index in [1.807, 2.05) is 0 Å². The molecule has 2 rings (SSSR count). The van der Waals surface area contributed by atoms with E-state index in [-0.39, 0.29) is 21.3 Å². The van der Waals surface area contributed by atoms with Crippen molar-refractivity contribution in [1.82, 2.24) is 0 Å². The lowest BCUT2D eigenvalue weighted by Gasteiger charge is -2.11. The van der Waals surface area contributed by atoms with E-state index in [1.165, 1.54) is 6.07 Å². The van der Waals surface area contributed by atoms with Crippen LogP contribution < -0.4 is 10.8 Å². The van der Waals surface area contributed by atoms with E-state index in [2.05, 4.69) is 21.2 Å². The van der Waals surface area contributed by atoms with Gasteiger partial charge in [-0.2, -0.15) is 0 Å². The third-order valence-corrected chi connectivity index (χ3v) is 3.84. The molecule has 0 spiro atoms. The van der Waals surface area contributed by atoms with Crippen LogP contribution >= 0.6 is 39.1 Å². The van der Waals surface area contributed by atoms with E-state index < -0.39 is 24.3 Å². The Morgan fingerprint density at radius 1 is 1.18 bits per heavy atom. The van der Waals surface area contributed by atoms with E-state index in [0.29, 0.717) is 4.47 Å². The minimum Gasteiger partial charge on any atom is -0.423 e. The number of carbonyl (C=O) groups excluding carboxylic acids is 1. The number of anilines is 1. The third-order valence-electron chi connectivity index (χ3n) is 2.78. The highest BCUT2D eigenvalue weighted by molar-refractivity contribution is 9.10. The minimum atomic E-state index is -2.02. The Hall–Kier alpha value is -1.12. The summed E-state index contributed by atoms with van der Waals surface area (Å²) in [5.41, 5.74) is -0.174. The first kappa shape index (κ1) is 17.2. The molecule has 0 unspecified atom stereocenters. The predicted molar refractivity (Wildman–Crippen MR) is 88.3 cm³/mol. The van der Waals surface area contributed by atoms with Gasteiger partial charge in [0.25, 0.3) is 5.91 Å². The van der Waals surface area contributed by atoms with Crippen LogP contribution in [0.15, 0.2) is 34.8 Å². The Bertz CT molecular complexity index is 722. The predicted octanol–water partition coefficient (Wildman–Crippen LogP) is 2.83. The molecule has 0 bridgehead atoms. The number of benzene rings is 2. The summed E-state index contributed by atoms with van der Waals surface area (Å²) in [5, 5.41) is 21.0. The van der Waals surface area contributed by atoms with Gasteiger partial charge in [0.2, 0.25) is 0 Å². The van der Waals surface area contributed by atoms with Crippen LogP contribution in [0.2, 0.25) is 10.0 Å². The Morgan fingerprint density at radius 2 is 1.77 bits per heavy atom. The van der Waals surface area contributed by atoms with Crippen molar-refractivity contribution >= 4 is 63.3 Å². The number of nitrogens with one attached hydrogen (secondary N) is 1. The largest absolute Gasteiger partial charge is 0.491 e. The molecule has 2 aromatic carbocycles. The summed E-state index contributed by atoms with van der Waals surface area (Å²) >= 11 is 15.2. The fourth-order valence-electron chi connectivity index (χ4n) is 1.73. The molecule has 22 heavy (non-hydrogen) atoms. The Kier molecular flexibility index (Phi) is 5.47. The van der Waals surface area contributed by atoms with Crippen LogP contribution in [0.3, 0.4) is 0 Å². The lowest BCUT2D eigenvalue weighted by Crippen LogP contribution is -2.33. The standard InChI is InChI=1S/C13H8BBrCl2FNO3/c15-7-4-9(16)12(10(17)5-7)19-13(20)6-1-2-11(18)8(3-6)14(21)22/h1-5,21-22H,(H,19,20). The first-order chi connectivity index (χ1) is 10.3. The number of hydrogen-bond acceptors (Lipinski definition) is 3. The van der Waals surface area contributed by atoms with Gasteiger partial charge in [-0.3, -0.25) is 4.79 Å². The number of amides is 1. The Morgan fingerprint density at radius 3 is 2.32 bits per heavy atom. The molecule has 2 aromatic rings. The minimum absolute atomic E-state index is 0.0274. The highest BCUT2D eigenvalue weighted by Gasteiger charge is 2.20. The van der Waals surface area contributed by atoms with Crippen LogP contribution in [0, 0.1) is 5.82 Å². The van der Waals surface area contributed by atoms with E-state index in [9.17, 15) is 9.18 Å². The fraction of sp³-hybridized carbons (Fsp3) is 0. The Labute approximate surface area is 144 Å². The van der Waals surface area contributed by atoms with Crippen molar-refractivity contribution in [3.63, 3.8) is 0 Å². The number of halogens is 4. The van der Waals surface area contributed by atoms with Crippen molar-refractivity contribution in [2.45, 2.75) is 0 Å². The summed E-state index contributed by atoms with van der Waals surface area (Å²) in [6.07, 6.45) is 0. The molecule has 0 aliphatic heterocycles. The summed E-state index contributed by atoms with van der Waals surface area (Å²) in [5.74, 6) is -1.45. The smallest absolute Gasteiger partial charge is 0.423 e. The van der Waals surface area contributed by atoms with Crippen molar-refractivity contribution in [2.75, 3.05) is 5.32 Å². The number of rotatable bonds is 3. The molecule has 0 atom stereocenters. The normalized spacial score (nSPS) is 10.5. The van der Waals surface area contributed by atoms with Gasteiger partial charge >= 0.3 is 7.12 Å². The van der Waals surface area contributed by atoms with Crippen molar-refractivity contribution < 1.29 is 19.2 Å². The topological polar surface area (TPSA) is 69.6 Å². The van der Waals surface area contributed by atoms with Gasteiger partial charge in [-0.25, -0.2) is 4.39 Å². The molecule has 0 heterocycles. The molecule has 0 saturated heterocycles. The van der Waals surface area contributed by atoms with Crippen molar-refractivity contribution in [3.05, 3.63) is 56.2 Å². The quantitative estimate of drug-likeness (QED) is 0.686. The van der Waals surface area contributed by atoms with Crippen LogP contribution in [0.1, 0.15) is 10.4 Å². The van der Waals surface area contributed by atoms with E-state index in [1.54, 1.807) is 12.1 Å². The molecular formula is C13H8BBrCl2FNO3. The summed E-state index contributed by atoms with van der Waals surface area (Å²) in [6.45, 7) is 0. The highest BCUT2D eigenvalue weighted by atomic mass is 79.9. The molecule has 0 aliphatic rings. The van der Waals surface area contributed by atoms with Crippen LogP contribution in [-0.2, 0) is 0 Å². The van der Waals surface area contributed by atoms with Crippen LogP contribution in [0.25, 0.3) is 0 Å². The van der Waals surface area contributed by atoms with Gasteiger partial charge in [0.1, 0.15) is 5.82 Å². The molecule has 0 aromatic heterocycles. The zero-order chi connectivity index (χ0) is 16.4. The molecule has 1 amide bonds. The fourth-order valence-corrected chi connectivity index (χ4v) is 3.03. The lowest BCUT2D eigenvalue weighted by molar-refractivity contribution is 0.102. The molecule has 9 heteroatoms. The van der Waals surface area contributed by atoms with Gasteiger partial charge in [0.05, 0.1) is 15.7 Å². The second-order valence-corrected chi connectivity index (χ2v) is 6.04. The Balaban J connectivity index is 2.32. The summed E-state index contributed by atoms with van der Waals surface area (Å²) in [4.78, 5) is 12.2. The molecule has 4 nitrogen and oxygen atoms in total. The van der Waals surface area contributed by atoms with Gasteiger partial charge in [0, 0.05) is 15.5 Å². The van der Waals surface area contributed by atoms with E-state index >= 15 is 0 Å². The second kappa shape index (κ2) is 6.98.